The van der Waals surface area contributed by atoms with Gasteiger partial charge in [0.1, 0.15) is 16.5 Å². The molecule has 172 valence electrons. The minimum atomic E-state index is -0.315. The van der Waals surface area contributed by atoms with Crippen molar-refractivity contribution >= 4 is 54.6 Å². The first-order valence-corrected chi connectivity index (χ1v) is 12.1. The van der Waals surface area contributed by atoms with E-state index in [1.54, 1.807) is 18.7 Å². The second-order valence-corrected chi connectivity index (χ2v) is 9.18. The van der Waals surface area contributed by atoms with Gasteiger partial charge in [-0.15, -0.1) is 10.2 Å². The molecule has 3 aromatic carbocycles. The summed E-state index contributed by atoms with van der Waals surface area (Å²) in [5, 5.41) is 18.6. The number of hydrogen-bond donors (Lipinski definition) is 1. The predicted molar refractivity (Wildman–Crippen MR) is 136 cm³/mol. The van der Waals surface area contributed by atoms with Crippen molar-refractivity contribution in [2.75, 3.05) is 19.5 Å². The van der Waals surface area contributed by atoms with Crippen LogP contribution in [0.25, 0.3) is 26.3 Å². The number of nitrogens with zero attached hydrogens (tertiary/aromatic N) is 4. The maximum Gasteiger partial charge on any atom is 0.259 e. The monoisotopic (exact) mass is 537 g/mol. The SMILES string of the molecule is CCc1nnc2sc(-c3ccc(OC)c(NC(=O)c4cc5ccccc5c(Br)c4OC)c3)nn12. The fraction of sp³-hybridized carbons (Fsp3) is 0.167. The predicted octanol–water partition coefficient (Wildman–Crippen LogP) is 5.60. The van der Waals surface area contributed by atoms with Crippen LogP contribution in [0.5, 0.6) is 11.5 Å². The number of hydrogen-bond acceptors (Lipinski definition) is 7. The molecule has 2 aromatic heterocycles. The van der Waals surface area contributed by atoms with Crippen LogP contribution in [0.2, 0.25) is 0 Å². The van der Waals surface area contributed by atoms with Crippen LogP contribution in [0.4, 0.5) is 5.69 Å². The Morgan fingerprint density at radius 3 is 2.71 bits per heavy atom. The van der Waals surface area contributed by atoms with Crippen LogP contribution in [0.15, 0.2) is 53.0 Å². The van der Waals surface area contributed by atoms with Crippen LogP contribution in [0.1, 0.15) is 23.1 Å². The van der Waals surface area contributed by atoms with Gasteiger partial charge in [0.05, 0.1) is 29.9 Å². The molecule has 0 fully saturated rings. The van der Waals surface area contributed by atoms with Crippen molar-refractivity contribution in [3.05, 3.63) is 64.4 Å². The molecule has 0 radical (unpaired) electrons. The van der Waals surface area contributed by atoms with Crippen LogP contribution in [0.3, 0.4) is 0 Å². The summed E-state index contributed by atoms with van der Waals surface area (Å²) in [4.78, 5) is 14.1. The van der Waals surface area contributed by atoms with Crippen molar-refractivity contribution in [3.63, 3.8) is 0 Å². The Hall–Kier alpha value is -3.50. The quantitative estimate of drug-likeness (QED) is 0.303. The maximum atomic E-state index is 13.4. The van der Waals surface area contributed by atoms with Crippen LogP contribution in [-0.2, 0) is 6.42 Å². The lowest BCUT2D eigenvalue weighted by Gasteiger charge is -2.15. The molecule has 2 heterocycles. The number of ether oxygens (including phenoxy) is 2. The summed E-state index contributed by atoms with van der Waals surface area (Å²) in [6, 6.07) is 15.2. The normalized spacial score (nSPS) is 11.2. The molecule has 5 rings (SSSR count). The fourth-order valence-electron chi connectivity index (χ4n) is 3.78. The molecule has 8 nitrogen and oxygen atoms in total. The molecule has 10 heteroatoms. The minimum Gasteiger partial charge on any atom is -0.495 e. The number of methoxy groups -OCH3 is 2. The van der Waals surface area contributed by atoms with Crippen LogP contribution in [-0.4, -0.2) is 39.9 Å². The van der Waals surface area contributed by atoms with E-state index in [0.717, 1.165) is 43.0 Å². The van der Waals surface area contributed by atoms with Crippen LogP contribution < -0.4 is 14.8 Å². The van der Waals surface area contributed by atoms with Gasteiger partial charge in [0.15, 0.2) is 5.82 Å². The number of benzene rings is 3. The lowest BCUT2D eigenvalue weighted by atomic mass is 10.0. The molecule has 5 aromatic rings. The number of nitrogens with one attached hydrogen (secondary N) is 1. The lowest BCUT2D eigenvalue weighted by molar-refractivity contribution is 0.102. The van der Waals surface area contributed by atoms with E-state index in [9.17, 15) is 4.79 Å². The van der Waals surface area contributed by atoms with Crippen molar-refractivity contribution in [3.8, 4) is 22.1 Å². The second-order valence-electron chi connectivity index (χ2n) is 7.43. The van der Waals surface area contributed by atoms with Gasteiger partial charge in [-0.2, -0.15) is 9.61 Å². The van der Waals surface area contributed by atoms with Crippen molar-refractivity contribution in [2.45, 2.75) is 13.3 Å². The molecule has 34 heavy (non-hydrogen) atoms. The zero-order valence-corrected chi connectivity index (χ0v) is 21.0. The van der Waals surface area contributed by atoms with E-state index in [-0.39, 0.29) is 5.91 Å². The summed E-state index contributed by atoms with van der Waals surface area (Å²) in [7, 11) is 3.11. The summed E-state index contributed by atoms with van der Waals surface area (Å²) in [6.07, 6.45) is 0.734. The Bertz CT molecular complexity index is 1540. The number of halogens is 1. The third-order valence-corrected chi connectivity index (χ3v) is 7.19. The average molecular weight is 538 g/mol. The molecule has 0 aliphatic heterocycles. The van der Waals surface area contributed by atoms with Gasteiger partial charge in [-0.3, -0.25) is 4.79 Å². The lowest BCUT2D eigenvalue weighted by Crippen LogP contribution is -2.14. The molecule has 1 amide bonds. The number of amides is 1. The summed E-state index contributed by atoms with van der Waals surface area (Å²) >= 11 is 5.02. The molecule has 0 bridgehead atoms. The highest BCUT2D eigenvalue weighted by Gasteiger charge is 2.20. The average Bonchev–Trinajstić information content (AvgIpc) is 3.45. The number of aryl methyl sites for hydroxylation is 1. The number of carbonyl (C=O) groups is 1. The highest BCUT2D eigenvalue weighted by molar-refractivity contribution is 9.10. The highest BCUT2D eigenvalue weighted by Crippen LogP contribution is 2.38. The van der Waals surface area contributed by atoms with E-state index in [1.807, 2.05) is 55.5 Å². The standard InChI is InChI=1S/C24H20BrN5O3S/c1-4-19-27-28-24-30(19)29-23(34-24)14-9-10-18(32-2)17(12-14)26-22(31)16-11-13-7-5-6-8-15(13)20(25)21(16)33-3/h5-12H,4H2,1-3H3,(H,26,31). The van der Waals surface area contributed by atoms with Gasteiger partial charge < -0.3 is 14.8 Å². The number of fused-ring (bicyclic) bond motifs is 2. The molecular formula is C24H20BrN5O3S. The smallest absolute Gasteiger partial charge is 0.259 e. The summed E-state index contributed by atoms with van der Waals surface area (Å²) in [5.41, 5.74) is 1.77. The molecular weight excluding hydrogens is 518 g/mol. The van der Waals surface area contributed by atoms with Gasteiger partial charge in [-0.1, -0.05) is 42.5 Å². The molecule has 0 saturated heterocycles. The first-order valence-electron chi connectivity index (χ1n) is 10.5. The topological polar surface area (TPSA) is 90.6 Å². The van der Waals surface area contributed by atoms with Crippen molar-refractivity contribution in [1.29, 1.82) is 0 Å². The van der Waals surface area contributed by atoms with Crippen molar-refractivity contribution < 1.29 is 14.3 Å². The largest absolute Gasteiger partial charge is 0.495 e. The number of carbonyl (C=O) groups excluding carboxylic acids is 1. The Balaban J connectivity index is 1.54. The Labute approximate surface area is 207 Å². The maximum absolute atomic E-state index is 13.4. The molecule has 1 N–H and O–H groups in total. The Morgan fingerprint density at radius 1 is 1.12 bits per heavy atom. The summed E-state index contributed by atoms with van der Waals surface area (Å²) in [5.74, 6) is 1.49. The van der Waals surface area contributed by atoms with Gasteiger partial charge >= 0.3 is 0 Å². The Kier molecular flexibility index (Phi) is 5.93. The van der Waals surface area contributed by atoms with E-state index in [1.165, 1.54) is 11.3 Å². The van der Waals surface area contributed by atoms with Gasteiger partial charge in [0.25, 0.3) is 5.91 Å². The Morgan fingerprint density at radius 2 is 1.94 bits per heavy atom. The third-order valence-electron chi connectivity index (χ3n) is 5.46. The first-order chi connectivity index (χ1) is 16.5. The molecule has 0 saturated carbocycles. The summed E-state index contributed by atoms with van der Waals surface area (Å²) in [6.45, 7) is 2.01. The second kappa shape index (κ2) is 9.03. The van der Waals surface area contributed by atoms with Crippen LogP contribution in [0, 0.1) is 0 Å². The molecule has 0 aliphatic carbocycles. The zero-order valence-electron chi connectivity index (χ0n) is 18.6. The molecule has 0 unspecified atom stereocenters. The van der Waals surface area contributed by atoms with E-state index < -0.39 is 0 Å². The highest BCUT2D eigenvalue weighted by atomic mass is 79.9. The van der Waals surface area contributed by atoms with Gasteiger partial charge in [0.2, 0.25) is 4.96 Å². The zero-order chi connectivity index (χ0) is 23.8. The summed E-state index contributed by atoms with van der Waals surface area (Å²) < 4.78 is 13.6. The minimum absolute atomic E-state index is 0.315. The molecule has 0 atom stereocenters. The van der Waals surface area contributed by atoms with E-state index in [4.69, 9.17) is 9.47 Å². The number of anilines is 1. The number of rotatable bonds is 6. The van der Waals surface area contributed by atoms with Crippen molar-refractivity contribution in [1.82, 2.24) is 19.8 Å². The first kappa shape index (κ1) is 22.3. The van der Waals surface area contributed by atoms with Gasteiger partial charge in [-0.05, 0) is 51.0 Å². The van der Waals surface area contributed by atoms with Gasteiger partial charge in [-0.25, -0.2) is 0 Å². The fourth-order valence-corrected chi connectivity index (χ4v) is 5.37. The number of aromatic nitrogens is 4. The van der Waals surface area contributed by atoms with Crippen molar-refractivity contribution in [2.24, 2.45) is 0 Å². The van der Waals surface area contributed by atoms with E-state index in [0.29, 0.717) is 22.7 Å². The van der Waals surface area contributed by atoms with E-state index >= 15 is 0 Å². The van der Waals surface area contributed by atoms with Crippen LogP contribution >= 0.6 is 27.3 Å². The molecule has 0 aliphatic rings. The molecule has 0 spiro atoms. The third kappa shape index (κ3) is 3.78. The van der Waals surface area contributed by atoms with Gasteiger partial charge in [0, 0.05) is 12.0 Å². The van der Waals surface area contributed by atoms with E-state index in [2.05, 4.69) is 36.5 Å².